The van der Waals surface area contributed by atoms with Crippen LogP contribution < -0.4 is 5.32 Å². The normalized spacial score (nSPS) is 28.2. The van der Waals surface area contributed by atoms with E-state index in [1.807, 2.05) is 12.4 Å². The van der Waals surface area contributed by atoms with Gasteiger partial charge in [-0.15, -0.1) is 0 Å². The smallest absolute Gasteiger partial charge is 0.0620 e. The van der Waals surface area contributed by atoms with E-state index in [-0.39, 0.29) is 0 Å². The van der Waals surface area contributed by atoms with E-state index >= 15 is 0 Å². The van der Waals surface area contributed by atoms with Gasteiger partial charge in [0.25, 0.3) is 0 Å². The van der Waals surface area contributed by atoms with Crippen molar-refractivity contribution < 1.29 is 0 Å². The maximum Gasteiger partial charge on any atom is 0.0620 e. The number of aromatic nitrogens is 2. The Morgan fingerprint density at radius 2 is 2.17 bits per heavy atom. The van der Waals surface area contributed by atoms with Gasteiger partial charge in [0.1, 0.15) is 0 Å². The molecule has 0 aliphatic heterocycles. The highest BCUT2D eigenvalue weighted by atomic mass is 14.9. The molecule has 0 spiro atoms. The van der Waals surface area contributed by atoms with Gasteiger partial charge in [0, 0.05) is 24.5 Å². The molecular formula is C15H25N3. The van der Waals surface area contributed by atoms with Crippen molar-refractivity contribution in [2.45, 2.75) is 45.4 Å². The molecule has 18 heavy (non-hydrogen) atoms. The average Bonchev–Trinajstić information content (AvgIpc) is 2.46. The number of nitrogens with zero attached hydrogens (tertiary/aromatic N) is 2. The first-order chi connectivity index (χ1) is 8.85. The van der Waals surface area contributed by atoms with Crippen molar-refractivity contribution in [3.63, 3.8) is 0 Å². The van der Waals surface area contributed by atoms with Crippen LogP contribution in [0.3, 0.4) is 0 Å². The molecule has 1 N–H and O–H groups in total. The highest BCUT2D eigenvalue weighted by Crippen LogP contribution is 2.40. The molecule has 2 rings (SSSR count). The highest BCUT2D eigenvalue weighted by molar-refractivity contribution is 5.07. The van der Waals surface area contributed by atoms with E-state index in [0.717, 1.165) is 24.9 Å². The Labute approximate surface area is 110 Å². The van der Waals surface area contributed by atoms with Crippen LogP contribution in [0.2, 0.25) is 0 Å². The zero-order valence-corrected chi connectivity index (χ0v) is 11.6. The Morgan fingerprint density at radius 3 is 2.83 bits per heavy atom. The van der Waals surface area contributed by atoms with Crippen molar-refractivity contribution in [3.8, 4) is 0 Å². The summed E-state index contributed by atoms with van der Waals surface area (Å²) in [6, 6.07) is 0. The summed E-state index contributed by atoms with van der Waals surface area (Å²) in [6.45, 7) is 6.66. The Bertz CT molecular complexity index is 339. The van der Waals surface area contributed by atoms with Gasteiger partial charge >= 0.3 is 0 Å². The maximum absolute atomic E-state index is 4.54. The molecule has 1 aromatic rings. The first-order valence-electron chi connectivity index (χ1n) is 7.31. The lowest BCUT2D eigenvalue weighted by atomic mass is 9.72. The standard InChI is InChI=1S/C15H25N3/c1-3-12-5-6-13(10-16-4-2)14(9-12)15-11-17-7-8-18-15/h7-8,11-14,16H,3-6,9-10H2,1-2H3. The van der Waals surface area contributed by atoms with E-state index in [0.29, 0.717) is 5.92 Å². The minimum Gasteiger partial charge on any atom is -0.317 e. The van der Waals surface area contributed by atoms with E-state index in [1.54, 1.807) is 6.20 Å². The molecule has 1 fully saturated rings. The van der Waals surface area contributed by atoms with Crippen LogP contribution in [0.4, 0.5) is 0 Å². The van der Waals surface area contributed by atoms with Crippen LogP contribution >= 0.6 is 0 Å². The minimum absolute atomic E-state index is 0.594. The second-order valence-corrected chi connectivity index (χ2v) is 5.39. The van der Waals surface area contributed by atoms with Crippen LogP contribution in [0.5, 0.6) is 0 Å². The zero-order chi connectivity index (χ0) is 12.8. The van der Waals surface area contributed by atoms with Gasteiger partial charge in [0.05, 0.1) is 5.69 Å². The monoisotopic (exact) mass is 247 g/mol. The van der Waals surface area contributed by atoms with Crippen molar-refractivity contribution in [2.75, 3.05) is 13.1 Å². The predicted molar refractivity (Wildman–Crippen MR) is 74.4 cm³/mol. The number of hydrogen-bond acceptors (Lipinski definition) is 3. The van der Waals surface area contributed by atoms with Crippen molar-refractivity contribution >= 4 is 0 Å². The SMILES string of the molecule is CCNCC1CCC(CC)CC1c1cnccn1. The summed E-state index contributed by atoms with van der Waals surface area (Å²) in [7, 11) is 0. The molecule has 0 amide bonds. The fraction of sp³-hybridized carbons (Fsp3) is 0.733. The summed E-state index contributed by atoms with van der Waals surface area (Å²) < 4.78 is 0. The summed E-state index contributed by atoms with van der Waals surface area (Å²) in [5.74, 6) is 2.19. The van der Waals surface area contributed by atoms with Gasteiger partial charge in [0.2, 0.25) is 0 Å². The number of nitrogens with one attached hydrogen (secondary N) is 1. The van der Waals surface area contributed by atoms with Gasteiger partial charge in [-0.25, -0.2) is 0 Å². The molecule has 0 bridgehead atoms. The van der Waals surface area contributed by atoms with E-state index < -0.39 is 0 Å². The summed E-state index contributed by atoms with van der Waals surface area (Å²) in [5, 5.41) is 3.50. The van der Waals surface area contributed by atoms with Crippen LogP contribution in [0.25, 0.3) is 0 Å². The van der Waals surface area contributed by atoms with Crippen LogP contribution in [-0.4, -0.2) is 23.1 Å². The molecule has 1 aliphatic rings. The molecule has 1 saturated carbocycles. The first kappa shape index (κ1) is 13.5. The van der Waals surface area contributed by atoms with Crippen molar-refractivity contribution in [2.24, 2.45) is 11.8 Å². The average molecular weight is 247 g/mol. The highest BCUT2D eigenvalue weighted by Gasteiger charge is 2.31. The summed E-state index contributed by atoms with van der Waals surface area (Å²) in [6.07, 6.45) is 10.8. The molecule has 0 saturated heterocycles. The third-order valence-corrected chi connectivity index (χ3v) is 4.30. The summed E-state index contributed by atoms with van der Waals surface area (Å²) in [4.78, 5) is 8.78. The lowest BCUT2D eigenvalue weighted by Crippen LogP contribution is -2.32. The van der Waals surface area contributed by atoms with Gasteiger partial charge in [-0.3, -0.25) is 9.97 Å². The Morgan fingerprint density at radius 1 is 1.28 bits per heavy atom. The molecule has 3 atom stereocenters. The largest absolute Gasteiger partial charge is 0.317 e. The van der Waals surface area contributed by atoms with Crippen molar-refractivity contribution in [1.29, 1.82) is 0 Å². The molecule has 0 radical (unpaired) electrons. The minimum atomic E-state index is 0.594. The second kappa shape index (κ2) is 6.83. The Kier molecular flexibility index (Phi) is 5.12. The maximum atomic E-state index is 4.54. The lowest BCUT2D eigenvalue weighted by molar-refractivity contribution is 0.223. The van der Waals surface area contributed by atoms with Crippen LogP contribution in [0.15, 0.2) is 18.6 Å². The van der Waals surface area contributed by atoms with Gasteiger partial charge in [-0.1, -0.05) is 26.7 Å². The predicted octanol–water partition coefficient (Wildman–Crippen LogP) is 3.00. The molecule has 3 unspecified atom stereocenters. The third kappa shape index (κ3) is 3.29. The molecular weight excluding hydrogens is 222 g/mol. The quantitative estimate of drug-likeness (QED) is 0.869. The van der Waals surface area contributed by atoms with Crippen LogP contribution in [0.1, 0.15) is 51.1 Å². The summed E-state index contributed by atoms with van der Waals surface area (Å²) in [5.41, 5.74) is 1.19. The van der Waals surface area contributed by atoms with Crippen LogP contribution in [-0.2, 0) is 0 Å². The van der Waals surface area contributed by atoms with Crippen molar-refractivity contribution in [1.82, 2.24) is 15.3 Å². The lowest BCUT2D eigenvalue weighted by Gasteiger charge is -2.35. The molecule has 1 aromatic heterocycles. The molecule has 1 heterocycles. The Balaban J connectivity index is 2.09. The number of hydrogen-bond donors (Lipinski definition) is 1. The fourth-order valence-electron chi connectivity index (χ4n) is 3.13. The third-order valence-electron chi connectivity index (χ3n) is 4.30. The number of rotatable bonds is 5. The van der Waals surface area contributed by atoms with E-state index in [9.17, 15) is 0 Å². The van der Waals surface area contributed by atoms with Gasteiger partial charge in [-0.2, -0.15) is 0 Å². The fourth-order valence-corrected chi connectivity index (χ4v) is 3.13. The van der Waals surface area contributed by atoms with Gasteiger partial charge < -0.3 is 5.32 Å². The molecule has 1 aliphatic carbocycles. The van der Waals surface area contributed by atoms with E-state index in [4.69, 9.17) is 0 Å². The second-order valence-electron chi connectivity index (χ2n) is 5.39. The molecule has 100 valence electrons. The topological polar surface area (TPSA) is 37.8 Å². The zero-order valence-electron chi connectivity index (χ0n) is 11.6. The van der Waals surface area contributed by atoms with Gasteiger partial charge in [0.15, 0.2) is 0 Å². The molecule has 3 nitrogen and oxygen atoms in total. The van der Waals surface area contributed by atoms with Gasteiger partial charge in [-0.05, 0) is 37.8 Å². The molecule has 0 aromatic carbocycles. The first-order valence-corrected chi connectivity index (χ1v) is 7.31. The van der Waals surface area contributed by atoms with Crippen molar-refractivity contribution in [3.05, 3.63) is 24.3 Å². The summed E-state index contributed by atoms with van der Waals surface area (Å²) >= 11 is 0. The van der Waals surface area contributed by atoms with E-state index in [1.165, 1.54) is 31.4 Å². The Hall–Kier alpha value is -0.960. The van der Waals surface area contributed by atoms with E-state index in [2.05, 4.69) is 29.1 Å². The van der Waals surface area contributed by atoms with Crippen LogP contribution in [0, 0.1) is 11.8 Å². The molecule has 3 heteroatoms.